The molecular formula is C15H22FNO2S. The lowest BCUT2D eigenvalue weighted by Crippen LogP contribution is -2.44. The van der Waals surface area contributed by atoms with E-state index < -0.39 is 0 Å². The van der Waals surface area contributed by atoms with E-state index in [9.17, 15) is 9.18 Å². The number of carbonyl (C=O) groups excluding carboxylic acids is 1. The van der Waals surface area contributed by atoms with Crippen LogP contribution in [0.1, 0.15) is 26.3 Å². The highest BCUT2D eigenvalue weighted by Gasteiger charge is 2.16. The van der Waals surface area contributed by atoms with E-state index >= 15 is 0 Å². The van der Waals surface area contributed by atoms with Crippen LogP contribution in [-0.2, 0) is 15.3 Å². The van der Waals surface area contributed by atoms with Crippen molar-refractivity contribution in [2.75, 3.05) is 13.1 Å². The Balaban J connectivity index is 0.000000246. The molecule has 0 aliphatic carbocycles. The summed E-state index contributed by atoms with van der Waals surface area (Å²) < 4.78 is 17.1. The van der Waals surface area contributed by atoms with E-state index in [-0.39, 0.29) is 11.4 Å². The lowest BCUT2D eigenvalue weighted by molar-refractivity contribution is -0.138. The molecule has 3 nitrogen and oxygen atoms in total. The van der Waals surface area contributed by atoms with E-state index in [2.05, 4.69) is 10.1 Å². The van der Waals surface area contributed by atoms with Crippen LogP contribution in [0.4, 0.5) is 4.39 Å². The van der Waals surface area contributed by atoms with Gasteiger partial charge in [0.1, 0.15) is 11.4 Å². The van der Waals surface area contributed by atoms with Gasteiger partial charge in [-0.1, -0.05) is 12.1 Å². The lowest BCUT2D eigenvalue weighted by Gasteiger charge is -2.26. The van der Waals surface area contributed by atoms with Gasteiger partial charge >= 0.3 is 0 Å². The summed E-state index contributed by atoms with van der Waals surface area (Å²) in [5.41, 5.74) is 0.889. The first-order valence-corrected chi connectivity index (χ1v) is 7.64. The van der Waals surface area contributed by atoms with Crippen LogP contribution in [0.25, 0.3) is 0 Å². The van der Waals surface area contributed by atoms with Gasteiger partial charge in [-0.2, -0.15) is 11.8 Å². The van der Waals surface area contributed by atoms with E-state index in [1.54, 1.807) is 0 Å². The predicted molar refractivity (Wildman–Crippen MR) is 81.3 cm³/mol. The summed E-state index contributed by atoms with van der Waals surface area (Å²) in [4.78, 5) is 9.60. The average molecular weight is 299 g/mol. The third-order valence-electron chi connectivity index (χ3n) is 2.54. The summed E-state index contributed by atoms with van der Waals surface area (Å²) in [5, 5.41) is 3.98. The van der Waals surface area contributed by atoms with Crippen molar-refractivity contribution in [1.29, 1.82) is 0 Å². The van der Waals surface area contributed by atoms with E-state index in [1.807, 2.05) is 44.7 Å². The molecule has 0 atom stereocenters. The highest BCUT2D eigenvalue weighted by atomic mass is 32.2. The van der Waals surface area contributed by atoms with Gasteiger partial charge in [0.25, 0.3) is 6.47 Å². The first-order valence-electron chi connectivity index (χ1n) is 6.59. The molecule has 1 aliphatic rings. The van der Waals surface area contributed by atoms with Crippen LogP contribution in [0, 0.1) is 5.82 Å². The van der Waals surface area contributed by atoms with Crippen LogP contribution in [-0.4, -0.2) is 30.4 Å². The van der Waals surface area contributed by atoms with Crippen molar-refractivity contribution >= 4 is 18.2 Å². The first kappa shape index (κ1) is 17.0. The van der Waals surface area contributed by atoms with Crippen LogP contribution in [0.5, 0.6) is 0 Å². The molecule has 1 fully saturated rings. The molecule has 1 aromatic carbocycles. The minimum Gasteiger partial charge on any atom is -0.462 e. The summed E-state index contributed by atoms with van der Waals surface area (Å²) in [6.45, 7) is 8.15. The van der Waals surface area contributed by atoms with Crippen molar-refractivity contribution in [2.24, 2.45) is 0 Å². The van der Waals surface area contributed by atoms with Gasteiger partial charge in [-0.3, -0.25) is 4.79 Å². The number of hydrogen-bond acceptors (Lipinski definition) is 4. The molecule has 5 heteroatoms. The van der Waals surface area contributed by atoms with Crippen molar-refractivity contribution in [3.63, 3.8) is 0 Å². The Morgan fingerprint density at radius 3 is 2.30 bits per heavy atom. The lowest BCUT2D eigenvalue weighted by atomic mass is 10.2. The molecule has 1 N–H and O–H groups in total. The summed E-state index contributed by atoms with van der Waals surface area (Å²) >= 11 is 1.94. The van der Waals surface area contributed by atoms with Crippen molar-refractivity contribution < 1.29 is 13.9 Å². The number of rotatable bonds is 4. The monoisotopic (exact) mass is 299 g/mol. The summed E-state index contributed by atoms with van der Waals surface area (Å²) in [7, 11) is 0. The maximum atomic E-state index is 12.5. The number of benzene rings is 1. The fourth-order valence-electron chi connectivity index (χ4n) is 1.32. The second-order valence-corrected chi connectivity index (χ2v) is 6.83. The van der Waals surface area contributed by atoms with Crippen LogP contribution < -0.4 is 5.32 Å². The van der Waals surface area contributed by atoms with E-state index in [0.29, 0.717) is 6.47 Å². The van der Waals surface area contributed by atoms with Gasteiger partial charge < -0.3 is 10.1 Å². The first-order chi connectivity index (χ1) is 9.40. The number of thioether (sulfide) groups is 1. The fourth-order valence-corrected chi connectivity index (χ4v) is 2.41. The molecule has 1 aromatic rings. The molecule has 0 radical (unpaired) electrons. The molecule has 1 saturated heterocycles. The highest BCUT2D eigenvalue weighted by Crippen LogP contribution is 2.20. The summed E-state index contributed by atoms with van der Waals surface area (Å²) in [5.74, 6) is 0.839. The van der Waals surface area contributed by atoms with Gasteiger partial charge in [0.15, 0.2) is 0 Å². The zero-order valence-corrected chi connectivity index (χ0v) is 13.0. The van der Waals surface area contributed by atoms with E-state index in [1.165, 1.54) is 17.7 Å². The third-order valence-corrected chi connectivity index (χ3v) is 3.85. The maximum Gasteiger partial charge on any atom is 0.293 e. The molecule has 0 amide bonds. The second kappa shape index (κ2) is 8.27. The normalized spacial score (nSPS) is 14.8. The molecule has 0 saturated carbocycles. The average Bonchev–Trinajstić information content (AvgIpc) is 2.29. The molecular weight excluding hydrogens is 277 g/mol. The Morgan fingerprint density at radius 2 is 1.95 bits per heavy atom. The minimum absolute atomic E-state index is 0.154. The largest absolute Gasteiger partial charge is 0.462 e. The SMILES string of the molecule is CC(C)(C)OC=O.Fc1ccc(CSC2CNC2)cc1. The quantitative estimate of drug-likeness (QED) is 0.868. The Morgan fingerprint density at radius 1 is 1.35 bits per heavy atom. The van der Waals surface area contributed by atoms with Gasteiger partial charge in [0.2, 0.25) is 0 Å². The minimum atomic E-state index is -0.318. The fraction of sp³-hybridized carbons (Fsp3) is 0.533. The number of hydrogen-bond donors (Lipinski definition) is 1. The molecule has 1 aliphatic heterocycles. The molecule has 20 heavy (non-hydrogen) atoms. The second-order valence-electron chi connectivity index (χ2n) is 5.54. The van der Waals surface area contributed by atoms with Gasteiger partial charge in [0, 0.05) is 24.1 Å². The Bertz CT molecular complexity index is 399. The zero-order valence-electron chi connectivity index (χ0n) is 12.2. The summed E-state index contributed by atoms with van der Waals surface area (Å²) in [6, 6.07) is 6.76. The Kier molecular flexibility index (Phi) is 7.02. The van der Waals surface area contributed by atoms with Gasteiger partial charge in [-0.25, -0.2) is 4.39 Å². The predicted octanol–water partition coefficient (Wildman–Crippen LogP) is 2.99. The summed E-state index contributed by atoms with van der Waals surface area (Å²) in [6.07, 6.45) is 0. The molecule has 0 unspecified atom stereocenters. The number of nitrogens with one attached hydrogen (secondary N) is 1. The van der Waals surface area contributed by atoms with Gasteiger partial charge in [-0.05, 0) is 38.5 Å². The molecule has 1 heterocycles. The third kappa shape index (κ3) is 7.50. The standard InChI is InChI=1S/C10H12FNS.C5H10O2/c11-9-3-1-8(2-4-9)7-13-10-5-12-6-10;1-5(2,3)7-4-6/h1-4,10,12H,5-7H2;4H,1-3H3. The van der Waals surface area contributed by atoms with Crippen molar-refractivity contribution in [3.05, 3.63) is 35.6 Å². The smallest absolute Gasteiger partial charge is 0.293 e. The Labute approximate surface area is 124 Å². The molecule has 0 spiro atoms. The molecule has 112 valence electrons. The van der Waals surface area contributed by atoms with Crippen LogP contribution in [0.2, 0.25) is 0 Å². The van der Waals surface area contributed by atoms with Crippen molar-refractivity contribution in [2.45, 2.75) is 37.4 Å². The van der Waals surface area contributed by atoms with Gasteiger partial charge in [0.05, 0.1) is 0 Å². The van der Waals surface area contributed by atoms with E-state index in [4.69, 9.17) is 0 Å². The van der Waals surface area contributed by atoms with Crippen molar-refractivity contribution in [3.8, 4) is 0 Å². The molecule has 0 aromatic heterocycles. The topological polar surface area (TPSA) is 38.3 Å². The van der Waals surface area contributed by atoms with Crippen molar-refractivity contribution in [1.82, 2.24) is 5.32 Å². The van der Waals surface area contributed by atoms with Crippen LogP contribution in [0.3, 0.4) is 0 Å². The number of ether oxygens (including phenoxy) is 1. The zero-order chi connectivity index (χ0) is 15.0. The van der Waals surface area contributed by atoms with Crippen LogP contribution in [0.15, 0.2) is 24.3 Å². The van der Waals surface area contributed by atoms with E-state index in [0.717, 1.165) is 24.1 Å². The Hall–Kier alpha value is -1.07. The number of carbonyl (C=O) groups is 1. The van der Waals surface area contributed by atoms with Gasteiger partial charge in [-0.15, -0.1) is 0 Å². The molecule has 2 rings (SSSR count). The molecule has 0 bridgehead atoms. The van der Waals surface area contributed by atoms with Crippen LogP contribution >= 0.6 is 11.8 Å². The number of halogens is 1. The maximum absolute atomic E-state index is 12.5. The highest BCUT2D eigenvalue weighted by molar-refractivity contribution is 7.99.